The number of halogens is 1. The highest BCUT2D eigenvalue weighted by Gasteiger charge is 2.16. The van der Waals surface area contributed by atoms with Gasteiger partial charge in [-0.15, -0.1) is 20.4 Å². The Hall–Kier alpha value is -1.64. The van der Waals surface area contributed by atoms with Gasteiger partial charge in [0.15, 0.2) is 4.34 Å². The Morgan fingerprint density at radius 1 is 1.08 bits per heavy atom. The first kappa shape index (κ1) is 17.8. The first-order chi connectivity index (χ1) is 12.8. The van der Waals surface area contributed by atoms with E-state index in [1.54, 1.807) is 35.2 Å². The number of benzene rings is 1. The molecule has 0 amide bonds. The number of anilines is 1. The van der Waals surface area contributed by atoms with Crippen LogP contribution in [0, 0.1) is 0 Å². The Morgan fingerprint density at radius 2 is 1.88 bits per heavy atom. The lowest BCUT2D eigenvalue weighted by Gasteiger charge is -2.21. The molecule has 6 nitrogen and oxygen atoms in total. The predicted molar refractivity (Wildman–Crippen MR) is 105 cm³/mol. The average Bonchev–Trinajstić information content (AvgIpc) is 3.31. The number of nitrogens with one attached hydrogen (secondary N) is 1. The first-order valence-corrected chi connectivity index (χ1v) is 10.8. The molecule has 1 N–H and O–H groups in total. The maximum Gasteiger partial charge on any atom is 0.247 e. The maximum absolute atomic E-state index is 5.90. The molecule has 3 aromatic rings. The third-order valence-corrected chi connectivity index (χ3v) is 6.44. The van der Waals surface area contributed by atoms with E-state index in [4.69, 9.17) is 16.0 Å². The molecular weight excluding hydrogens is 390 g/mol. The lowest BCUT2D eigenvalue weighted by atomic mass is 9.96. The zero-order chi connectivity index (χ0) is 17.8. The summed E-state index contributed by atoms with van der Waals surface area (Å²) in [5.41, 5.74) is 0.855. The predicted octanol–water partition coefficient (Wildman–Crippen LogP) is 5.28. The van der Waals surface area contributed by atoms with Crippen molar-refractivity contribution < 1.29 is 4.42 Å². The molecule has 0 aliphatic heterocycles. The van der Waals surface area contributed by atoms with Crippen LogP contribution in [0.5, 0.6) is 0 Å². The van der Waals surface area contributed by atoms with Gasteiger partial charge in [0.05, 0.1) is 5.75 Å². The number of nitrogens with zero attached hydrogens (tertiary/aromatic N) is 4. The van der Waals surface area contributed by atoms with Crippen LogP contribution in [-0.2, 0) is 5.75 Å². The smallest absolute Gasteiger partial charge is 0.247 e. The maximum atomic E-state index is 5.90. The van der Waals surface area contributed by atoms with Gasteiger partial charge in [-0.2, -0.15) is 0 Å². The molecule has 1 aliphatic rings. The van der Waals surface area contributed by atoms with E-state index >= 15 is 0 Å². The van der Waals surface area contributed by atoms with Crippen molar-refractivity contribution in [3.63, 3.8) is 0 Å². The van der Waals surface area contributed by atoms with Crippen LogP contribution in [0.4, 0.5) is 5.13 Å². The van der Waals surface area contributed by atoms with Gasteiger partial charge in [0.2, 0.25) is 16.9 Å². The molecule has 1 saturated carbocycles. The van der Waals surface area contributed by atoms with Gasteiger partial charge in [-0.25, -0.2) is 0 Å². The summed E-state index contributed by atoms with van der Waals surface area (Å²) in [7, 11) is 0. The highest BCUT2D eigenvalue weighted by Crippen LogP contribution is 2.30. The fourth-order valence-corrected chi connectivity index (χ4v) is 4.68. The zero-order valence-electron chi connectivity index (χ0n) is 14.0. The fourth-order valence-electron chi connectivity index (χ4n) is 2.89. The summed E-state index contributed by atoms with van der Waals surface area (Å²) in [4.78, 5) is 0. The number of thioether (sulfide) groups is 1. The van der Waals surface area contributed by atoms with Crippen LogP contribution in [-0.4, -0.2) is 26.4 Å². The van der Waals surface area contributed by atoms with Crippen LogP contribution in [0.1, 0.15) is 38.0 Å². The Bertz CT molecular complexity index is 845. The SMILES string of the molecule is Clc1ccc(-c2nnc(CSc3nnc(NC4CCCCC4)s3)o2)cc1. The van der Waals surface area contributed by atoms with E-state index in [2.05, 4.69) is 25.7 Å². The largest absolute Gasteiger partial charge is 0.420 e. The Kier molecular flexibility index (Phi) is 5.72. The van der Waals surface area contributed by atoms with Gasteiger partial charge >= 0.3 is 0 Å². The molecule has 136 valence electrons. The third-order valence-electron chi connectivity index (χ3n) is 4.22. The monoisotopic (exact) mass is 407 g/mol. The van der Waals surface area contributed by atoms with Crippen LogP contribution >= 0.6 is 34.7 Å². The molecule has 0 atom stereocenters. The molecule has 1 aliphatic carbocycles. The van der Waals surface area contributed by atoms with Crippen molar-refractivity contribution in [3.05, 3.63) is 35.2 Å². The number of hydrogen-bond donors (Lipinski definition) is 1. The zero-order valence-corrected chi connectivity index (χ0v) is 16.4. The molecule has 0 bridgehead atoms. The van der Waals surface area contributed by atoms with E-state index < -0.39 is 0 Å². The topological polar surface area (TPSA) is 76.7 Å². The first-order valence-electron chi connectivity index (χ1n) is 8.57. The molecule has 1 aromatic carbocycles. The summed E-state index contributed by atoms with van der Waals surface area (Å²) in [5, 5.41) is 21.7. The minimum Gasteiger partial charge on any atom is -0.420 e. The normalized spacial score (nSPS) is 15.3. The highest BCUT2D eigenvalue weighted by molar-refractivity contribution is 8.00. The molecule has 0 saturated heterocycles. The molecule has 2 heterocycles. The quantitative estimate of drug-likeness (QED) is 0.557. The van der Waals surface area contributed by atoms with Gasteiger partial charge in [0.1, 0.15) is 0 Å². The second-order valence-electron chi connectivity index (χ2n) is 6.15. The lowest BCUT2D eigenvalue weighted by Crippen LogP contribution is -2.21. The Labute approximate surface area is 164 Å². The second kappa shape index (κ2) is 8.37. The van der Waals surface area contributed by atoms with Gasteiger partial charge in [-0.3, -0.25) is 0 Å². The molecule has 0 unspecified atom stereocenters. The van der Waals surface area contributed by atoms with Gasteiger partial charge in [0, 0.05) is 16.6 Å². The molecule has 9 heteroatoms. The van der Waals surface area contributed by atoms with Crippen molar-refractivity contribution in [3.8, 4) is 11.5 Å². The lowest BCUT2D eigenvalue weighted by molar-refractivity contribution is 0.462. The Balaban J connectivity index is 1.32. The van der Waals surface area contributed by atoms with Gasteiger partial charge in [-0.05, 0) is 37.1 Å². The average molecular weight is 408 g/mol. The van der Waals surface area contributed by atoms with Gasteiger partial charge < -0.3 is 9.73 Å². The van der Waals surface area contributed by atoms with Crippen molar-refractivity contribution >= 4 is 39.8 Å². The third kappa shape index (κ3) is 4.55. The van der Waals surface area contributed by atoms with Crippen LogP contribution in [0.3, 0.4) is 0 Å². The van der Waals surface area contributed by atoms with Crippen molar-refractivity contribution in [1.29, 1.82) is 0 Å². The molecule has 2 aromatic heterocycles. The van der Waals surface area contributed by atoms with Crippen molar-refractivity contribution in [2.24, 2.45) is 0 Å². The highest BCUT2D eigenvalue weighted by atomic mass is 35.5. The fraction of sp³-hybridized carbons (Fsp3) is 0.412. The second-order valence-corrected chi connectivity index (χ2v) is 8.79. The van der Waals surface area contributed by atoms with Crippen LogP contribution in [0.2, 0.25) is 5.02 Å². The van der Waals surface area contributed by atoms with Crippen LogP contribution in [0.25, 0.3) is 11.5 Å². The summed E-state index contributed by atoms with van der Waals surface area (Å²) in [5.74, 6) is 1.63. The summed E-state index contributed by atoms with van der Waals surface area (Å²) in [6.07, 6.45) is 6.38. The number of aromatic nitrogens is 4. The summed E-state index contributed by atoms with van der Waals surface area (Å²) >= 11 is 9.03. The van der Waals surface area contributed by atoms with Crippen molar-refractivity contribution in [1.82, 2.24) is 20.4 Å². The van der Waals surface area contributed by atoms with Crippen LogP contribution < -0.4 is 5.32 Å². The van der Waals surface area contributed by atoms with E-state index in [1.807, 2.05) is 12.1 Å². The van der Waals surface area contributed by atoms with E-state index in [0.717, 1.165) is 15.0 Å². The molecule has 0 radical (unpaired) electrons. The molecular formula is C17H18ClN5OS2. The molecule has 1 fully saturated rings. The van der Waals surface area contributed by atoms with E-state index in [0.29, 0.717) is 28.6 Å². The standard InChI is InChI=1S/C17H18ClN5OS2/c18-12-8-6-11(7-9-12)15-21-20-14(24-15)10-25-17-23-22-16(26-17)19-13-4-2-1-3-5-13/h6-9,13H,1-5,10H2,(H,19,22). The molecule has 26 heavy (non-hydrogen) atoms. The van der Waals surface area contributed by atoms with Gasteiger partial charge in [0.25, 0.3) is 0 Å². The van der Waals surface area contributed by atoms with E-state index in [1.165, 1.54) is 32.1 Å². The van der Waals surface area contributed by atoms with E-state index in [9.17, 15) is 0 Å². The Morgan fingerprint density at radius 3 is 2.69 bits per heavy atom. The molecule has 4 rings (SSSR count). The minimum absolute atomic E-state index is 0.495. The van der Waals surface area contributed by atoms with Gasteiger partial charge in [-0.1, -0.05) is 54.0 Å². The van der Waals surface area contributed by atoms with E-state index in [-0.39, 0.29) is 0 Å². The summed E-state index contributed by atoms with van der Waals surface area (Å²) in [6.45, 7) is 0. The molecule has 0 spiro atoms. The number of hydrogen-bond acceptors (Lipinski definition) is 8. The summed E-state index contributed by atoms with van der Waals surface area (Å²) < 4.78 is 6.61. The summed E-state index contributed by atoms with van der Waals surface area (Å²) in [6, 6.07) is 7.86. The number of rotatable bonds is 6. The van der Waals surface area contributed by atoms with Crippen molar-refractivity contribution in [2.75, 3.05) is 5.32 Å². The van der Waals surface area contributed by atoms with Crippen molar-refractivity contribution in [2.45, 2.75) is 48.2 Å². The minimum atomic E-state index is 0.495. The van der Waals surface area contributed by atoms with Crippen LogP contribution in [0.15, 0.2) is 33.0 Å².